The molecular weight excluding hydrogens is 212 g/mol. The van der Waals surface area contributed by atoms with Crippen molar-refractivity contribution in [1.82, 2.24) is 4.90 Å². The lowest BCUT2D eigenvalue weighted by Gasteiger charge is -2.48. The number of hydrogen-bond donors (Lipinski definition) is 1. The highest BCUT2D eigenvalue weighted by molar-refractivity contribution is 5.16. The molecule has 0 aromatic rings. The summed E-state index contributed by atoms with van der Waals surface area (Å²) in [7, 11) is 4.32. The average molecular weight is 238 g/mol. The Bertz CT molecular complexity index is 291. The number of likely N-dealkylation sites (N-methyl/N-ethyl adjacent to an activating group) is 1. The normalized spacial score (nSPS) is 35.6. The zero-order valence-corrected chi connectivity index (χ0v) is 11.4. The van der Waals surface area contributed by atoms with Crippen LogP contribution in [-0.2, 0) is 4.74 Å². The van der Waals surface area contributed by atoms with E-state index in [4.69, 9.17) is 10.5 Å². The fourth-order valence-corrected chi connectivity index (χ4v) is 3.22. The van der Waals surface area contributed by atoms with Crippen molar-refractivity contribution in [2.75, 3.05) is 20.7 Å². The zero-order valence-electron chi connectivity index (χ0n) is 11.4. The molecule has 1 aliphatic heterocycles. The number of rotatable bonds is 3. The fraction of sp³-hybridized carbons (Fsp3) is 0.857. The summed E-state index contributed by atoms with van der Waals surface area (Å²) in [4.78, 5) is 2.33. The van der Waals surface area contributed by atoms with Gasteiger partial charge < -0.3 is 15.4 Å². The molecule has 3 heteroatoms. The molecule has 1 aliphatic carbocycles. The van der Waals surface area contributed by atoms with Crippen molar-refractivity contribution in [2.45, 2.75) is 50.6 Å². The number of nitrogens with zero attached hydrogens (tertiary/aromatic N) is 1. The van der Waals surface area contributed by atoms with Crippen molar-refractivity contribution in [2.24, 2.45) is 11.7 Å². The van der Waals surface area contributed by atoms with Crippen LogP contribution in [-0.4, -0.2) is 37.2 Å². The maximum atomic E-state index is 6.50. The zero-order chi connectivity index (χ0) is 12.5. The molecule has 17 heavy (non-hydrogen) atoms. The van der Waals surface area contributed by atoms with Crippen LogP contribution in [0, 0.1) is 5.92 Å². The van der Waals surface area contributed by atoms with E-state index in [0.717, 1.165) is 24.7 Å². The van der Waals surface area contributed by atoms with Gasteiger partial charge in [0.25, 0.3) is 0 Å². The Kier molecular flexibility index (Phi) is 3.79. The minimum absolute atomic E-state index is 0.0347. The molecule has 0 amide bonds. The maximum absolute atomic E-state index is 6.50. The smallest absolute Gasteiger partial charge is 0.111 e. The first-order chi connectivity index (χ1) is 8.06. The summed E-state index contributed by atoms with van der Waals surface area (Å²) in [5, 5.41) is 0. The molecular formula is C14H26N2O. The van der Waals surface area contributed by atoms with Gasteiger partial charge in [0, 0.05) is 12.0 Å². The Morgan fingerprint density at radius 3 is 2.53 bits per heavy atom. The number of hydrogen-bond acceptors (Lipinski definition) is 3. The van der Waals surface area contributed by atoms with Gasteiger partial charge in [-0.2, -0.15) is 0 Å². The van der Waals surface area contributed by atoms with E-state index in [0.29, 0.717) is 0 Å². The predicted octanol–water partition coefficient (Wildman–Crippen LogP) is 2.13. The quantitative estimate of drug-likeness (QED) is 0.818. The van der Waals surface area contributed by atoms with E-state index < -0.39 is 0 Å². The predicted molar refractivity (Wildman–Crippen MR) is 70.7 cm³/mol. The van der Waals surface area contributed by atoms with Gasteiger partial charge in [0.2, 0.25) is 0 Å². The largest absolute Gasteiger partial charge is 0.496 e. The van der Waals surface area contributed by atoms with E-state index >= 15 is 0 Å². The van der Waals surface area contributed by atoms with Crippen molar-refractivity contribution in [1.29, 1.82) is 0 Å². The maximum Gasteiger partial charge on any atom is 0.111 e. The molecule has 0 radical (unpaired) electrons. The molecule has 3 nitrogen and oxygen atoms in total. The van der Waals surface area contributed by atoms with Crippen LogP contribution in [0.25, 0.3) is 0 Å². The molecule has 0 saturated heterocycles. The summed E-state index contributed by atoms with van der Waals surface area (Å²) >= 11 is 0. The third kappa shape index (κ3) is 2.36. The molecule has 0 bridgehead atoms. The summed E-state index contributed by atoms with van der Waals surface area (Å²) in [6, 6.07) is 0.0347. The van der Waals surface area contributed by atoms with Gasteiger partial charge in [0.15, 0.2) is 0 Å². The molecule has 1 fully saturated rings. The third-order valence-corrected chi connectivity index (χ3v) is 4.65. The number of ether oxygens (including phenoxy) is 1. The Morgan fingerprint density at radius 2 is 2.06 bits per heavy atom. The van der Waals surface area contributed by atoms with E-state index in [1.807, 2.05) is 0 Å². The molecule has 0 aromatic carbocycles. The molecule has 1 unspecified atom stereocenters. The average Bonchev–Trinajstić information content (AvgIpc) is 2.82. The van der Waals surface area contributed by atoms with Gasteiger partial charge >= 0.3 is 0 Å². The number of nitrogens with two attached hydrogens (primary N) is 1. The van der Waals surface area contributed by atoms with Crippen LogP contribution in [0.4, 0.5) is 0 Å². The second-order valence-corrected chi connectivity index (χ2v) is 5.90. The van der Waals surface area contributed by atoms with Gasteiger partial charge in [0.1, 0.15) is 5.76 Å². The van der Waals surface area contributed by atoms with Gasteiger partial charge in [0.05, 0.1) is 12.6 Å². The molecule has 2 aliphatic rings. The lowest BCUT2D eigenvalue weighted by atomic mass is 9.72. The van der Waals surface area contributed by atoms with Gasteiger partial charge in [-0.25, -0.2) is 0 Å². The highest BCUT2D eigenvalue weighted by Crippen LogP contribution is 2.39. The lowest BCUT2D eigenvalue weighted by Crippen LogP contribution is -2.59. The van der Waals surface area contributed by atoms with E-state index in [2.05, 4.69) is 32.0 Å². The van der Waals surface area contributed by atoms with Crippen molar-refractivity contribution >= 4 is 0 Å². The second-order valence-electron chi connectivity index (χ2n) is 5.90. The molecule has 0 aromatic heterocycles. The Labute approximate surface area is 105 Å². The molecule has 1 heterocycles. The van der Waals surface area contributed by atoms with Gasteiger partial charge in [-0.15, -0.1) is 0 Å². The van der Waals surface area contributed by atoms with Crippen molar-refractivity contribution in [3.8, 4) is 0 Å². The molecule has 2 N–H and O–H groups in total. The first-order valence-corrected chi connectivity index (χ1v) is 6.82. The van der Waals surface area contributed by atoms with E-state index in [9.17, 15) is 0 Å². The highest BCUT2D eigenvalue weighted by Gasteiger charge is 2.43. The molecule has 1 saturated carbocycles. The van der Waals surface area contributed by atoms with Gasteiger partial charge in [-0.1, -0.05) is 6.92 Å². The Balaban J connectivity index is 2.16. The second kappa shape index (κ2) is 4.99. The summed E-state index contributed by atoms with van der Waals surface area (Å²) < 4.78 is 5.68. The summed E-state index contributed by atoms with van der Waals surface area (Å²) in [5.74, 6) is 1.86. The third-order valence-electron chi connectivity index (χ3n) is 4.65. The first kappa shape index (κ1) is 12.9. The van der Waals surface area contributed by atoms with Crippen molar-refractivity contribution in [3.05, 3.63) is 11.8 Å². The molecule has 2 rings (SSSR count). The van der Waals surface area contributed by atoms with Crippen LogP contribution in [0.2, 0.25) is 0 Å². The van der Waals surface area contributed by atoms with Crippen LogP contribution >= 0.6 is 0 Å². The van der Waals surface area contributed by atoms with Crippen LogP contribution in [0.1, 0.15) is 39.0 Å². The minimum Gasteiger partial charge on any atom is -0.496 e. The van der Waals surface area contributed by atoms with Crippen LogP contribution in [0.5, 0.6) is 0 Å². The Morgan fingerprint density at radius 1 is 1.41 bits per heavy atom. The molecule has 1 atom stereocenters. The first-order valence-electron chi connectivity index (χ1n) is 6.82. The minimum atomic E-state index is 0.0347. The molecule has 0 spiro atoms. The van der Waals surface area contributed by atoms with Gasteiger partial charge in [-0.05, 0) is 51.8 Å². The van der Waals surface area contributed by atoms with Crippen LogP contribution < -0.4 is 5.73 Å². The summed E-state index contributed by atoms with van der Waals surface area (Å²) in [5.41, 5.74) is 6.60. The van der Waals surface area contributed by atoms with E-state index in [1.165, 1.54) is 25.7 Å². The summed E-state index contributed by atoms with van der Waals surface area (Å²) in [6.45, 7) is 3.15. The lowest BCUT2D eigenvalue weighted by molar-refractivity contribution is 0.0480. The topological polar surface area (TPSA) is 38.5 Å². The highest BCUT2D eigenvalue weighted by atomic mass is 16.5. The Hall–Kier alpha value is -0.540. The van der Waals surface area contributed by atoms with Crippen molar-refractivity contribution in [3.63, 3.8) is 0 Å². The SMILES string of the molecule is CC1CCC(C(N)C2=CCCO2)(N(C)C)CC1. The summed E-state index contributed by atoms with van der Waals surface area (Å²) in [6.07, 6.45) is 8.11. The van der Waals surface area contributed by atoms with E-state index in [-0.39, 0.29) is 11.6 Å². The van der Waals surface area contributed by atoms with E-state index in [1.54, 1.807) is 0 Å². The van der Waals surface area contributed by atoms with Crippen LogP contribution in [0.3, 0.4) is 0 Å². The monoisotopic (exact) mass is 238 g/mol. The molecule has 98 valence electrons. The fourth-order valence-electron chi connectivity index (χ4n) is 3.22. The van der Waals surface area contributed by atoms with Crippen molar-refractivity contribution < 1.29 is 4.74 Å². The van der Waals surface area contributed by atoms with Gasteiger partial charge in [-0.3, -0.25) is 0 Å². The standard InChI is InChI=1S/C14H26N2O/c1-11-6-8-14(9-7-11,16(2)3)13(15)12-5-4-10-17-12/h5,11,13H,4,6-10,15H2,1-3H3. The van der Waals surface area contributed by atoms with Crippen LogP contribution in [0.15, 0.2) is 11.8 Å².